The molecule has 0 atom stereocenters. The summed E-state index contributed by atoms with van der Waals surface area (Å²) in [5.41, 5.74) is 3.84. The molecule has 45 heavy (non-hydrogen) atoms. The number of fused-ring (bicyclic) bond motifs is 1. The molecule has 5 aromatic rings. The second kappa shape index (κ2) is 14.8. The van der Waals surface area contributed by atoms with E-state index in [1.165, 1.54) is 11.1 Å². The van der Waals surface area contributed by atoms with E-state index in [1.807, 2.05) is 42.5 Å². The monoisotopic (exact) mass is 601 g/mol. The molecule has 2 heterocycles. The maximum absolute atomic E-state index is 13.0. The van der Waals surface area contributed by atoms with E-state index in [4.69, 9.17) is 9.47 Å². The summed E-state index contributed by atoms with van der Waals surface area (Å²) in [7, 11) is 0. The van der Waals surface area contributed by atoms with Crippen molar-refractivity contribution in [3.63, 3.8) is 0 Å². The van der Waals surface area contributed by atoms with Gasteiger partial charge in [0.25, 0.3) is 5.91 Å². The highest BCUT2D eigenvalue weighted by Crippen LogP contribution is 2.32. The van der Waals surface area contributed by atoms with Crippen LogP contribution in [0.4, 0.5) is 0 Å². The van der Waals surface area contributed by atoms with E-state index in [2.05, 4.69) is 63.7 Å². The molecule has 4 aromatic carbocycles. The molecule has 1 aliphatic heterocycles. The first kappa shape index (κ1) is 30.3. The lowest BCUT2D eigenvalue weighted by molar-refractivity contribution is -0.0267. The Balaban J connectivity index is 0.981. The molecule has 0 aliphatic carbocycles. The molecule has 1 aromatic heterocycles. The molecule has 0 spiro atoms. The zero-order valence-corrected chi connectivity index (χ0v) is 25.3. The quantitative estimate of drug-likeness (QED) is 0.169. The van der Waals surface area contributed by atoms with Crippen LogP contribution in [0.15, 0.2) is 115 Å². The zero-order chi connectivity index (χ0) is 30.8. The number of likely N-dealkylation sites (tertiary alicyclic amines) is 1. The highest BCUT2D eigenvalue weighted by molar-refractivity contribution is 5.99. The number of aromatic nitrogens is 1. The van der Waals surface area contributed by atoms with Crippen LogP contribution in [0.25, 0.3) is 10.8 Å². The first-order valence-electron chi connectivity index (χ1n) is 15.7. The number of pyridine rings is 1. The number of carbonyl (C=O) groups excluding carboxylic acids is 1. The summed E-state index contributed by atoms with van der Waals surface area (Å²) in [6.07, 6.45) is 4.39. The minimum atomic E-state index is -0.116. The Morgan fingerprint density at radius 2 is 1.58 bits per heavy atom. The maximum atomic E-state index is 13.0. The molecule has 2 N–H and O–H groups in total. The first-order valence-corrected chi connectivity index (χ1v) is 15.7. The van der Waals surface area contributed by atoms with Crippen LogP contribution in [0.3, 0.4) is 0 Å². The van der Waals surface area contributed by atoms with E-state index in [-0.39, 0.29) is 23.9 Å². The SMILES string of the molecule is O=C(NCCN1CCC(OC(c2ccccc2)c2ccccc2)CC1)c1ccc2cc(O)c(OCCc3ccccn3)cc2c1. The van der Waals surface area contributed by atoms with Crippen LogP contribution in [-0.4, -0.2) is 59.8 Å². The van der Waals surface area contributed by atoms with Gasteiger partial charge in [0.2, 0.25) is 0 Å². The number of rotatable bonds is 12. The second-order valence-corrected chi connectivity index (χ2v) is 11.4. The van der Waals surface area contributed by atoms with Gasteiger partial charge in [0, 0.05) is 50.1 Å². The Bertz CT molecular complexity index is 1630. The van der Waals surface area contributed by atoms with Gasteiger partial charge in [-0.1, -0.05) is 72.8 Å². The first-order chi connectivity index (χ1) is 22.1. The standard InChI is InChI=1S/C38H39N3O4/c42-35-26-30-14-15-31(25-32(30)27-36(35)44-24-18-33-13-7-8-19-39-33)38(43)40-20-23-41-21-16-34(17-22-41)45-37(28-9-3-1-4-10-28)29-11-5-2-6-12-29/h1-15,19,25-27,34,37,42H,16-18,20-24H2,(H,40,43). The molecular weight excluding hydrogens is 562 g/mol. The molecule has 1 saturated heterocycles. The van der Waals surface area contributed by atoms with Crippen molar-refractivity contribution in [3.05, 3.63) is 138 Å². The van der Waals surface area contributed by atoms with Crippen molar-refractivity contribution in [2.45, 2.75) is 31.5 Å². The van der Waals surface area contributed by atoms with Crippen molar-refractivity contribution in [1.29, 1.82) is 0 Å². The largest absolute Gasteiger partial charge is 0.504 e. The fourth-order valence-electron chi connectivity index (χ4n) is 5.83. The summed E-state index contributed by atoms with van der Waals surface area (Å²) in [5.74, 6) is 0.349. The minimum Gasteiger partial charge on any atom is -0.504 e. The van der Waals surface area contributed by atoms with Gasteiger partial charge in [0.1, 0.15) is 6.10 Å². The number of hydrogen-bond acceptors (Lipinski definition) is 6. The summed E-state index contributed by atoms with van der Waals surface area (Å²) in [5, 5.41) is 15.2. The van der Waals surface area contributed by atoms with E-state index in [1.54, 1.807) is 24.4 Å². The van der Waals surface area contributed by atoms with Crippen LogP contribution >= 0.6 is 0 Å². The third-order valence-electron chi connectivity index (χ3n) is 8.30. The van der Waals surface area contributed by atoms with E-state index in [0.717, 1.165) is 48.9 Å². The van der Waals surface area contributed by atoms with Crippen molar-refractivity contribution in [3.8, 4) is 11.5 Å². The van der Waals surface area contributed by atoms with Crippen molar-refractivity contribution >= 4 is 16.7 Å². The fourth-order valence-corrected chi connectivity index (χ4v) is 5.83. The molecule has 0 radical (unpaired) electrons. The number of benzene rings is 4. The summed E-state index contributed by atoms with van der Waals surface area (Å²) in [6, 6.07) is 35.5. The summed E-state index contributed by atoms with van der Waals surface area (Å²) < 4.78 is 12.5. The number of phenols is 1. The van der Waals surface area contributed by atoms with Crippen LogP contribution < -0.4 is 10.1 Å². The summed E-state index contributed by atoms with van der Waals surface area (Å²) in [4.78, 5) is 19.7. The molecule has 0 saturated carbocycles. The average Bonchev–Trinajstić information content (AvgIpc) is 3.09. The van der Waals surface area contributed by atoms with Crippen LogP contribution in [0.1, 0.15) is 46.1 Å². The van der Waals surface area contributed by atoms with Gasteiger partial charge in [0.05, 0.1) is 12.7 Å². The third kappa shape index (κ3) is 8.06. The number of carbonyl (C=O) groups is 1. The lowest BCUT2D eigenvalue weighted by Crippen LogP contribution is -2.41. The second-order valence-electron chi connectivity index (χ2n) is 11.4. The molecular formula is C38H39N3O4. The van der Waals surface area contributed by atoms with Crippen molar-refractivity contribution in [2.24, 2.45) is 0 Å². The molecule has 7 heteroatoms. The highest BCUT2D eigenvalue weighted by atomic mass is 16.5. The number of piperidine rings is 1. The lowest BCUT2D eigenvalue weighted by atomic mass is 10.00. The average molecular weight is 602 g/mol. The Morgan fingerprint density at radius 3 is 2.27 bits per heavy atom. The summed E-state index contributed by atoms with van der Waals surface area (Å²) in [6.45, 7) is 3.60. The number of nitrogens with one attached hydrogen (secondary N) is 1. The normalized spacial score (nSPS) is 14.1. The van der Waals surface area contributed by atoms with Gasteiger partial charge in [-0.2, -0.15) is 0 Å². The molecule has 230 valence electrons. The number of nitrogens with zero attached hydrogens (tertiary/aromatic N) is 2. The van der Waals surface area contributed by atoms with Crippen LogP contribution in [0, 0.1) is 0 Å². The number of hydrogen-bond donors (Lipinski definition) is 2. The Labute approximate surface area is 264 Å². The van der Waals surface area contributed by atoms with Crippen LogP contribution in [0.5, 0.6) is 11.5 Å². The fraction of sp³-hybridized carbons (Fsp3) is 0.263. The number of ether oxygens (including phenoxy) is 2. The van der Waals surface area contributed by atoms with Gasteiger partial charge in [-0.3, -0.25) is 9.78 Å². The van der Waals surface area contributed by atoms with E-state index in [9.17, 15) is 9.90 Å². The van der Waals surface area contributed by atoms with Crippen LogP contribution in [-0.2, 0) is 11.2 Å². The minimum absolute atomic E-state index is 0.0746. The number of aromatic hydroxyl groups is 1. The molecule has 1 fully saturated rings. The topological polar surface area (TPSA) is 83.9 Å². The molecule has 1 aliphatic rings. The molecule has 1 amide bonds. The zero-order valence-electron chi connectivity index (χ0n) is 25.3. The maximum Gasteiger partial charge on any atom is 0.251 e. The lowest BCUT2D eigenvalue weighted by Gasteiger charge is -2.34. The van der Waals surface area contributed by atoms with Gasteiger partial charge in [-0.25, -0.2) is 0 Å². The highest BCUT2D eigenvalue weighted by Gasteiger charge is 2.24. The Morgan fingerprint density at radius 1 is 0.867 bits per heavy atom. The van der Waals surface area contributed by atoms with Gasteiger partial charge >= 0.3 is 0 Å². The van der Waals surface area contributed by atoms with E-state index < -0.39 is 0 Å². The van der Waals surface area contributed by atoms with Gasteiger partial charge in [-0.15, -0.1) is 0 Å². The van der Waals surface area contributed by atoms with Crippen molar-refractivity contribution < 1.29 is 19.4 Å². The predicted octanol–water partition coefficient (Wildman–Crippen LogP) is 6.56. The van der Waals surface area contributed by atoms with Gasteiger partial charge in [0.15, 0.2) is 11.5 Å². The Hall–Kier alpha value is -4.72. The van der Waals surface area contributed by atoms with Gasteiger partial charge in [-0.05, 0) is 71.1 Å². The van der Waals surface area contributed by atoms with Gasteiger partial charge < -0.3 is 24.8 Å². The summed E-state index contributed by atoms with van der Waals surface area (Å²) >= 11 is 0. The third-order valence-corrected chi connectivity index (χ3v) is 8.30. The number of amides is 1. The van der Waals surface area contributed by atoms with Crippen molar-refractivity contribution in [2.75, 3.05) is 32.8 Å². The molecule has 0 unspecified atom stereocenters. The smallest absolute Gasteiger partial charge is 0.251 e. The predicted molar refractivity (Wildman–Crippen MR) is 177 cm³/mol. The van der Waals surface area contributed by atoms with E-state index >= 15 is 0 Å². The molecule has 6 rings (SSSR count). The Kier molecular flexibility index (Phi) is 10.00. The number of phenolic OH excluding ortho intramolecular Hbond substituents is 1. The van der Waals surface area contributed by atoms with Crippen molar-refractivity contribution in [1.82, 2.24) is 15.2 Å². The molecule has 7 nitrogen and oxygen atoms in total. The molecule has 0 bridgehead atoms. The van der Waals surface area contributed by atoms with Crippen LogP contribution in [0.2, 0.25) is 0 Å². The van der Waals surface area contributed by atoms with E-state index in [0.29, 0.717) is 30.9 Å².